The molecule has 1 rings (SSSR count). The van der Waals surface area contributed by atoms with Crippen molar-refractivity contribution in [3.8, 4) is 5.75 Å². The Kier molecular flexibility index (Phi) is 5.80. The van der Waals surface area contributed by atoms with E-state index >= 15 is 0 Å². The minimum absolute atomic E-state index is 0.341. The number of rotatable bonds is 6. The third-order valence-electron chi connectivity index (χ3n) is 2.20. The average Bonchev–Trinajstić information content (AvgIpc) is 2.34. The van der Waals surface area contributed by atoms with Gasteiger partial charge in [0.15, 0.2) is 0 Å². The fraction of sp³-hybridized carbons (Fsp3) is 0.500. The highest BCUT2D eigenvalue weighted by molar-refractivity contribution is 9.09. The maximum Gasteiger partial charge on any atom is 0.119 e. The van der Waals surface area contributed by atoms with E-state index in [9.17, 15) is 10.2 Å². The predicted molar refractivity (Wildman–Crippen MR) is 67.0 cm³/mol. The van der Waals surface area contributed by atoms with Crippen molar-refractivity contribution in [3.05, 3.63) is 29.8 Å². The van der Waals surface area contributed by atoms with Gasteiger partial charge < -0.3 is 14.9 Å². The molecule has 0 aliphatic rings. The lowest BCUT2D eigenvalue weighted by molar-refractivity contribution is 0.0341. The molecule has 0 bridgehead atoms. The third kappa shape index (κ3) is 3.77. The second-order valence-electron chi connectivity index (χ2n) is 3.59. The van der Waals surface area contributed by atoms with Crippen LogP contribution in [-0.2, 0) is 0 Å². The quantitative estimate of drug-likeness (QED) is 0.790. The molecule has 90 valence electrons. The number of ether oxygens (including phenoxy) is 1. The molecule has 4 heteroatoms. The summed E-state index contributed by atoms with van der Waals surface area (Å²) in [6, 6.07) is 7.18. The van der Waals surface area contributed by atoms with Crippen LogP contribution in [0.2, 0.25) is 0 Å². The second-order valence-corrected chi connectivity index (χ2v) is 4.23. The van der Waals surface area contributed by atoms with Gasteiger partial charge in [-0.1, -0.05) is 35.0 Å². The summed E-state index contributed by atoms with van der Waals surface area (Å²) in [6.07, 6.45) is -0.748. The minimum atomic E-state index is -0.885. The smallest absolute Gasteiger partial charge is 0.119 e. The van der Waals surface area contributed by atoms with E-state index in [0.717, 1.165) is 12.2 Å². The van der Waals surface area contributed by atoms with E-state index in [1.54, 1.807) is 12.1 Å². The molecule has 0 heterocycles. The zero-order valence-corrected chi connectivity index (χ0v) is 10.9. The molecule has 16 heavy (non-hydrogen) atoms. The summed E-state index contributed by atoms with van der Waals surface area (Å²) in [5, 5.41) is 19.7. The monoisotopic (exact) mass is 288 g/mol. The van der Waals surface area contributed by atoms with Gasteiger partial charge in [0.25, 0.3) is 0 Å². The number of hydrogen-bond acceptors (Lipinski definition) is 3. The summed E-state index contributed by atoms with van der Waals surface area (Å²) < 4.78 is 5.45. The van der Waals surface area contributed by atoms with Crippen LogP contribution >= 0.6 is 15.9 Å². The SMILES string of the molecule is CCCOc1cccc(C(O)C(O)CBr)c1. The topological polar surface area (TPSA) is 49.7 Å². The van der Waals surface area contributed by atoms with Gasteiger partial charge in [-0.25, -0.2) is 0 Å². The van der Waals surface area contributed by atoms with Crippen LogP contribution in [0.5, 0.6) is 5.75 Å². The standard InChI is InChI=1S/C12H17BrO3/c1-2-6-16-10-5-3-4-9(7-10)12(15)11(14)8-13/h3-5,7,11-12,14-15H,2,6,8H2,1H3. The largest absolute Gasteiger partial charge is 0.494 e. The molecule has 1 aromatic carbocycles. The number of benzene rings is 1. The summed E-state index contributed by atoms with van der Waals surface area (Å²) in [5.74, 6) is 0.722. The normalized spacial score (nSPS) is 14.5. The fourth-order valence-corrected chi connectivity index (χ4v) is 1.67. The molecule has 0 amide bonds. The van der Waals surface area contributed by atoms with Crippen LogP contribution in [0.25, 0.3) is 0 Å². The lowest BCUT2D eigenvalue weighted by Crippen LogP contribution is -2.19. The van der Waals surface area contributed by atoms with Crippen molar-refractivity contribution in [1.82, 2.24) is 0 Å². The molecule has 0 radical (unpaired) electrons. The molecule has 0 spiro atoms. The third-order valence-corrected chi connectivity index (χ3v) is 2.86. The minimum Gasteiger partial charge on any atom is -0.494 e. The highest BCUT2D eigenvalue weighted by atomic mass is 79.9. The van der Waals surface area contributed by atoms with Gasteiger partial charge in [-0.3, -0.25) is 0 Å². The summed E-state index contributed by atoms with van der Waals surface area (Å²) >= 11 is 3.13. The van der Waals surface area contributed by atoms with Crippen LogP contribution in [0.3, 0.4) is 0 Å². The molecule has 0 saturated carbocycles. The summed E-state index contributed by atoms with van der Waals surface area (Å²) in [5.41, 5.74) is 0.667. The Morgan fingerprint density at radius 3 is 2.75 bits per heavy atom. The first-order valence-electron chi connectivity index (χ1n) is 5.34. The molecule has 2 atom stereocenters. The lowest BCUT2D eigenvalue weighted by Gasteiger charge is -2.16. The van der Waals surface area contributed by atoms with E-state index in [0.29, 0.717) is 17.5 Å². The van der Waals surface area contributed by atoms with Gasteiger partial charge in [0, 0.05) is 5.33 Å². The zero-order chi connectivity index (χ0) is 12.0. The Morgan fingerprint density at radius 1 is 1.38 bits per heavy atom. The van der Waals surface area contributed by atoms with E-state index in [1.807, 2.05) is 19.1 Å². The molecular weight excluding hydrogens is 272 g/mol. The predicted octanol–water partition coefficient (Wildman–Crippen LogP) is 2.26. The molecule has 1 aromatic rings. The highest BCUT2D eigenvalue weighted by Gasteiger charge is 2.17. The maximum atomic E-state index is 9.80. The lowest BCUT2D eigenvalue weighted by atomic mass is 10.1. The van der Waals surface area contributed by atoms with Crippen molar-refractivity contribution in [2.75, 3.05) is 11.9 Å². The second kappa shape index (κ2) is 6.89. The first-order valence-corrected chi connectivity index (χ1v) is 6.46. The summed E-state index contributed by atoms with van der Waals surface area (Å²) in [4.78, 5) is 0. The van der Waals surface area contributed by atoms with Crippen molar-refractivity contribution in [3.63, 3.8) is 0 Å². The highest BCUT2D eigenvalue weighted by Crippen LogP contribution is 2.22. The Morgan fingerprint density at radius 2 is 2.12 bits per heavy atom. The first kappa shape index (κ1) is 13.5. The molecule has 0 saturated heterocycles. The van der Waals surface area contributed by atoms with Crippen LogP contribution in [-0.4, -0.2) is 28.3 Å². The average molecular weight is 289 g/mol. The van der Waals surface area contributed by atoms with E-state index < -0.39 is 12.2 Å². The van der Waals surface area contributed by atoms with E-state index in [2.05, 4.69) is 15.9 Å². The van der Waals surface area contributed by atoms with Crippen LogP contribution in [0.1, 0.15) is 25.0 Å². The molecule has 2 N–H and O–H groups in total. The Hall–Kier alpha value is -0.580. The van der Waals surface area contributed by atoms with E-state index in [-0.39, 0.29) is 0 Å². The Bertz CT molecular complexity index is 317. The molecule has 3 nitrogen and oxygen atoms in total. The summed E-state index contributed by atoms with van der Waals surface area (Å²) in [6.45, 7) is 2.69. The number of aliphatic hydroxyl groups is 2. The van der Waals surface area contributed by atoms with Gasteiger partial charge in [0.2, 0.25) is 0 Å². The number of hydrogen-bond donors (Lipinski definition) is 2. The Balaban J connectivity index is 2.73. The van der Waals surface area contributed by atoms with E-state index in [4.69, 9.17) is 4.74 Å². The zero-order valence-electron chi connectivity index (χ0n) is 9.27. The molecule has 0 fully saturated rings. The molecule has 2 unspecified atom stereocenters. The molecular formula is C12H17BrO3. The van der Waals surface area contributed by atoms with Crippen LogP contribution in [0.4, 0.5) is 0 Å². The van der Waals surface area contributed by atoms with Crippen LogP contribution in [0.15, 0.2) is 24.3 Å². The van der Waals surface area contributed by atoms with Crippen molar-refractivity contribution >= 4 is 15.9 Å². The van der Waals surface area contributed by atoms with Crippen LogP contribution in [0, 0.1) is 0 Å². The molecule has 0 aliphatic carbocycles. The van der Waals surface area contributed by atoms with Gasteiger partial charge in [0.05, 0.1) is 12.7 Å². The number of halogens is 1. The van der Waals surface area contributed by atoms with Crippen molar-refractivity contribution in [1.29, 1.82) is 0 Å². The summed E-state index contributed by atoms with van der Waals surface area (Å²) in [7, 11) is 0. The van der Waals surface area contributed by atoms with E-state index in [1.165, 1.54) is 0 Å². The number of aliphatic hydroxyl groups excluding tert-OH is 2. The molecule has 0 aromatic heterocycles. The van der Waals surface area contributed by atoms with Gasteiger partial charge >= 0.3 is 0 Å². The van der Waals surface area contributed by atoms with Crippen molar-refractivity contribution in [2.24, 2.45) is 0 Å². The number of alkyl halides is 1. The van der Waals surface area contributed by atoms with Crippen LogP contribution < -0.4 is 4.74 Å². The van der Waals surface area contributed by atoms with Gasteiger partial charge in [-0.15, -0.1) is 0 Å². The molecule has 0 aliphatic heterocycles. The van der Waals surface area contributed by atoms with Gasteiger partial charge in [0.1, 0.15) is 11.9 Å². The Labute approximate surface area is 104 Å². The maximum absolute atomic E-state index is 9.80. The fourth-order valence-electron chi connectivity index (χ4n) is 1.31. The van der Waals surface area contributed by atoms with Gasteiger partial charge in [-0.2, -0.15) is 0 Å². The van der Waals surface area contributed by atoms with Crippen molar-refractivity contribution in [2.45, 2.75) is 25.6 Å². The first-order chi connectivity index (χ1) is 7.69. The van der Waals surface area contributed by atoms with Crippen molar-refractivity contribution < 1.29 is 14.9 Å². The van der Waals surface area contributed by atoms with Gasteiger partial charge in [-0.05, 0) is 24.1 Å².